The van der Waals surface area contributed by atoms with E-state index in [0.717, 1.165) is 17.7 Å². The van der Waals surface area contributed by atoms with Gasteiger partial charge in [0.05, 0.1) is 0 Å². The van der Waals surface area contributed by atoms with Crippen LogP contribution in [0.25, 0.3) is 6.08 Å². The number of rotatable bonds is 6. The zero-order valence-corrected chi connectivity index (χ0v) is 26.3. The zero-order valence-electron chi connectivity index (χ0n) is 26.3. The van der Waals surface area contributed by atoms with Gasteiger partial charge in [0.2, 0.25) is 0 Å². The molecule has 2 aromatic rings. The van der Waals surface area contributed by atoms with Crippen molar-refractivity contribution in [1.29, 1.82) is 0 Å². The lowest BCUT2D eigenvalue weighted by Gasteiger charge is -2.36. The summed E-state index contributed by atoms with van der Waals surface area (Å²) in [5.41, 5.74) is 9.70. The first-order chi connectivity index (χ1) is 17.2. The molecule has 38 heavy (non-hydrogen) atoms. The molecule has 2 unspecified atom stereocenters. The Kier molecular flexibility index (Phi) is 11.9. The van der Waals surface area contributed by atoms with E-state index in [9.17, 15) is 4.79 Å². The van der Waals surface area contributed by atoms with Gasteiger partial charge >= 0.3 is 5.97 Å². The number of carbonyl (C=O) groups excluding carboxylic acids is 1. The highest BCUT2D eigenvalue weighted by Crippen LogP contribution is 2.43. The fraction of sp³-hybridized carbons (Fsp3) is 0.571. The molecule has 3 nitrogen and oxygen atoms in total. The van der Waals surface area contributed by atoms with Gasteiger partial charge in [-0.3, -0.25) is 0 Å². The Hall–Kier alpha value is -2.55. The van der Waals surface area contributed by atoms with E-state index in [1.54, 1.807) is 6.08 Å². The van der Waals surface area contributed by atoms with Gasteiger partial charge in [-0.1, -0.05) is 126 Å². The largest absolute Gasteiger partial charge is 0.459 e. The van der Waals surface area contributed by atoms with E-state index in [1.165, 1.54) is 18.1 Å². The molecular weight excluding hydrogens is 466 g/mol. The van der Waals surface area contributed by atoms with Crippen molar-refractivity contribution in [3.8, 4) is 0 Å². The molecule has 0 saturated carbocycles. The van der Waals surface area contributed by atoms with Crippen LogP contribution in [-0.4, -0.2) is 12.1 Å². The number of nitrogen functional groups attached to an aromatic ring is 1. The van der Waals surface area contributed by atoms with Crippen LogP contribution in [0.1, 0.15) is 113 Å². The van der Waals surface area contributed by atoms with Crippen LogP contribution in [0.5, 0.6) is 0 Å². The Bertz CT molecular complexity index is 992. The maximum Gasteiger partial charge on any atom is 0.331 e. The molecule has 0 fully saturated rings. The molecule has 0 bridgehead atoms. The van der Waals surface area contributed by atoms with Crippen LogP contribution < -0.4 is 5.73 Å². The Balaban J connectivity index is 0.000000389. The summed E-state index contributed by atoms with van der Waals surface area (Å²) in [7, 11) is 0. The molecule has 0 aromatic heterocycles. The van der Waals surface area contributed by atoms with Gasteiger partial charge in [-0.05, 0) is 69.8 Å². The number of benzene rings is 2. The molecule has 2 rings (SSSR count). The van der Waals surface area contributed by atoms with Crippen molar-refractivity contribution in [3.63, 3.8) is 0 Å². The SMILES string of the molecule is CC(C)(C)CC(OC(=O)/C=C/c1ccccc1)C(C)(C)C.CC(C)(C)CC(c1ccc(N)cc1)C(C)(C)C. The summed E-state index contributed by atoms with van der Waals surface area (Å²) in [5, 5.41) is 0. The summed E-state index contributed by atoms with van der Waals surface area (Å²) in [5.74, 6) is 0.297. The molecule has 2 atom stereocenters. The van der Waals surface area contributed by atoms with Gasteiger partial charge in [-0.2, -0.15) is 0 Å². The van der Waals surface area contributed by atoms with Gasteiger partial charge in [0.25, 0.3) is 0 Å². The van der Waals surface area contributed by atoms with E-state index in [2.05, 4.69) is 95.2 Å². The topological polar surface area (TPSA) is 52.3 Å². The number of carbonyl (C=O) groups is 1. The van der Waals surface area contributed by atoms with Crippen LogP contribution in [0.3, 0.4) is 0 Å². The lowest BCUT2D eigenvalue weighted by atomic mass is 9.69. The van der Waals surface area contributed by atoms with Crippen LogP contribution in [0.15, 0.2) is 60.7 Å². The van der Waals surface area contributed by atoms with Crippen molar-refractivity contribution >= 4 is 17.7 Å². The summed E-state index contributed by atoms with van der Waals surface area (Å²) in [6.07, 6.45) is 5.25. The van der Waals surface area contributed by atoms with Gasteiger partial charge < -0.3 is 10.5 Å². The molecule has 0 radical (unpaired) electrons. The second-order valence-electron chi connectivity index (χ2n) is 15.2. The Morgan fingerprint density at radius 2 is 1.24 bits per heavy atom. The molecular formula is C35H55NO2. The lowest BCUT2D eigenvalue weighted by Crippen LogP contribution is -2.34. The summed E-state index contributed by atoms with van der Waals surface area (Å²) < 4.78 is 5.69. The Morgan fingerprint density at radius 3 is 1.66 bits per heavy atom. The minimum absolute atomic E-state index is 0.0659. The molecule has 0 heterocycles. The smallest absolute Gasteiger partial charge is 0.331 e. The molecule has 212 valence electrons. The number of ether oxygens (including phenoxy) is 1. The lowest BCUT2D eigenvalue weighted by molar-refractivity contribution is -0.150. The van der Waals surface area contributed by atoms with Crippen molar-refractivity contribution in [2.75, 3.05) is 5.73 Å². The third-order valence-corrected chi connectivity index (χ3v) is 6.43. The third-order valence-electron chi connectivity index (χ3n) is 6.43. The standard InChI is InChI=1S/C19H28O2.C16H27N/c1-18(2,3)14-16(19(4,5)6)21-17(20)13-12-15-10-8-7-9-11-15;1-15(2,3)11-14(16(4,5)6)12-7-9-13(17)10-8-12/h7-13,16H,14H2,1-6H3;7-10,14H,11,17H2,1-6H3/b13-12+;. The van der Waals surface area contributed by atoms with Crippen molar-refractivity contribution in [1.82, 2.24) is 0 Å². The van der Waals surface area contributed by atoms with E-state index in [4.69, 9.17) is 10.5 Å². The average molecular weight is 522 g/mol. The molecule has 0 aliphatic carbocycles. The highest BCUT2D eigenvalue weighted by molar-refractivity contribution is 5.87. The number of anilines is 1. The van der Waals surface area contributed by atoms with Gasteiger partial charge in [0.15, 0.2) is 0 Å². The van der Waals surface area contributed by atoms with Gasteiger partial charge in [-0.25, -0.2) is 4.79 Å². The van der Waals surface area contributed by atoms with E-state index >= 15 is 0 Å². The molecule has 0 aliphatic rings. The maximum absolute atomic E-state index is 12.1. The Morgan fingerprint density at radius 1 is 0.737 bits per heavy atom. The highest BCUT2D eigenvalue weighted by Gasteiger charge is 2.32. The first-order valence-corrected chi connectivity index (χ1v) is 14.0. The first kappa shape index (κ1) is 33.5. The average Bonchev–Trinajstić information content (AvgIpc) is 2.75. The fourth-order valence-electron chi connectivity index (χ4n) is 4.25. The number of nitrogens with two attached hydrogens (primary N) is 1. The van der Waals surface area contributed by atoms with Crippen LogP contribution in [0, 0.1) is 21.7 Å². The number of hydrogen-bond donors (Lipinski definition) is 1. The molecule has 0 amide bonds. The van der Waals surface area contributed by atoms with Crippen molar-refractivity contribution in [3.05, 3.63) is 71.8 Å². The van der Waals surface area contributed by atoms with E-state index in [-0.39, 0.29) is 28.3 Å². The molecule has 0 spiro atoms. The molecule has 0 aliphatic heterocycles. The number of esters is 1. The minimum Gasteiger partial charge on any atom is -0.459 e. The van der Waals surface area contributed by atoms with Crippen LogP contribution in [-0.2, 0) is 9.53 Å². The van der Waals surface area contributed by atoms with E-state index < -0.39 is 0 Å². The summed E-state index contributed by atoms with van der Waals surface area (Å²) in [6.45, 7) is 26.7. The summed E-state index contributed by atoms with van der Waals surface area (Å²) >= 11 is 0. The fourth-order valence-corrected chi connectivity index (χ4v) is 4.25. The summed E-state index contributed by atoms with van der Waals surface area (Å²) in [6, 6.07) is 18.1. The van der Waals surface area contributed by atoms with Crippen molar-refractivity contribution in [2.45, 2.75) is 108 Å². The quantitative estimate of drug-likeness (QED) is 0.234. The predicted octanol–water partition coefficient (Wildman–Crippen LogP) is 9.93. The predicted molar refractivity (Wildman–Crippen MR) is 166 cm³/mol. The second kappa shape index (κ2) is 13.5. The molecule has 3 heteroatoms. The zero-order chi connectivity index (χ0) is 29.4. The van der Waals surface area contributed by atoms with Crippen molar-refractivity contribution in [2.24, 2.45) is 21.7 Å². The molecule has 2 N–H and O–H groups in total. The third kappa shape index (κ3) is 13.8. The van der Waals surface area contributed by atoms with E-state index in [1.807, 2.05) is 42.5 Å². The minimum atomic E-state index is -0.275. The summed E-state index contributed by atoms with van der Waals surface area (Å²) in [4.78, 5) is 12.1. The Labute approximate surface area is 234 Å². The van der Waals surface area contributed by atoms with Crippen LogP contribution in [0.2, 0.25) is 0 Å². The van der Waals surface area contributed by atoms with Gasteiger partial charge in [-0.15, -0.1) is 0 Å². The molecule has 2 aromatic carbocycles. The van der Waals surface area contributed by atoms with Crippen LogP contribution in [0.4, 0.5) is 5.69 Å². The first-order valence-electron chi connectivity index (χ1n) is 14.0. The van der Waals surface area contributed by atoms with Gasteiger partial charge in [0, 0.05) is 11.8 Å². The maximum atomic E-state index is 12.1. The monoisotopic (exact) mass is 521 g/mol. The van der Waals surface area contributed by atoms with E-state index in [0.29, 0.717) is 11.3 Å². The molecule has 0 saturated heterocycles. The van der Waals surface area contributed by atoms with Crippen molar-refractivity contribution < 1.29 is 9.53 Å². The highest BCUT2D eigenvalue weighted by atomic mass is 16.5. The van der Waals surface area contributed by atoms with Gasteiger partial charge in [0.1, 0.15) is 6.10 Å². The normalized spacial score (nSPS) is 14.4. The second-order valence-corrected chi connectivity index (χ2v) is 15.2. The number of hydrogen-bond acceptors (Lipinski definition) is 3. The van der Waals surface area contributed by atoms with Crippen LogP contribution >= 0.6 is 0 Å².